The third-order valence-corrected chi connectivity index (χ3v) is 3.58. The van der Waals surface area contributed by atoms with Crippen LogP contribution >= 0.6 is 11.8 Å². The molecule has 86 valence electrons. The van der Waals surface area contributed by atoms with Gasteiger partial charge in [0, 0.05) is 0 Å². The van der Waals surface area contributed by atoms with Crippen LogP contribution in [0.4, 0.5) is 0 Å². The smallest absolute Gasteiger partial charge is 0.0889 e. The first-order valence-electron chi connectivity index (χ1n) is 5.88. The average Bonchev–Trinajstić information content (AvgIpc) is 2.48. The maximum Gasteiger partial charge on any atom is 0.0889 e. The van der Waals surface area contributed by atoms with Gasteiger partial charge in [0.05, 0.1) is 12.4 Å². The highest BCUT2D eigenvalue weighted by atomic mass is 32.2. The van der Waals surface area contributed by atoms with E-state index in [1.54, 1.807) is 0 Å². The Morgan fingerprint density at radius 1 is 1.07 bits per heavy atom. The molecule has 0 atom stereocenters. The SMILES string of the molecule is CC1=CCCCCS1.CC1=CCCCO1. The maximum atomic E-state index is 5.14. The molecule has 2 heteroatoms. The van der Waals surface area contributed by atoms with E-state index >= 15 is 0 Å². The van der Waals surface area contributed by atoms with E-state index < -0.39 is 0 Å². The van der Waals surface area contributed by atoms with Crippen molar-refractivity contribution in [3.05, 3.63) is 22.8 Å². The van der Waals surface area contributed by atoms with E-state index in [1.807, 2.05) is 18.7 Å². The summed E-state index contributed by atoms with van der Waals surface area (Å²) >= 11 is 2.00. The highest BCUT2D eigenvalue weighted by molar-refractivity contribution is 8.03. The molecule has 1 nitrogen and oxygen atoms in total. The molecule has 0 saturated carbocycles. The lowest BCUT2D eigenvalue weighted by molar-refractivity contribution is 0.195. The fraction of sp³-hybridized carbons (Fsp3) is 0.692. The molecule has 0 fully saturated rings. The molecular weight excluding hydrogens is 204 g/mol. The fourth-order valence-corrected chi connectivity index (χ4v) is 2.43. The first-order valence-corrected chi connectivity index (χ1v) is 6.87. The second-order valence-corrected chi connectivity index (χ2v) is 5.31. The standard InChI is InChI=1S/C7H12S.C6H10O/c1-7-5-3-2-4-6-8-7;1-6-4-2-3-5-7-6/h5H,2-4,6H2,1H3;4H,2-3,5H2,1H3. The number of ether oxygens (including phenoxy) is 1. The molecule has 0 spiro atoms. The summed E-state index contributed by atoms with van der Waals surface area (Å²) in [6.45, 7) is 5.12. The van der Waals surface area contributed by atoms with E-state index in [9.17, 15) is 0 Å². The summed E-state index contributed by atoms with van der Waals surface area (Å²) < 4.78 is 5.14. The van der Waals surface area contributed by atoms with Gasteiger partial charge < -0.3 is 4.74 Å². The minimum Gasteiger partial charge on any atom is -0.499 e. The molecule has 2 aliphatic rings. The Labute approximate surface area is 98.0 Å². The quantitative estimate of drug-likeness (QED) is 0.601. The molecule has 0 aliphatic carbocycles. The van der Waals surface area contributed by atoms with Gasteiger partial charge in [0.2, 0.25) is 0 Å². The molecule has 0 aromatic carbocycles. The molecule has 15 heavy (non-hydrogen) atoms. The second kappa shape index (κ2) is 7.86. The van der Waals surface area contributed by atoms with Crippen molar-refractivity contribution in [2.75, 3.05) is 12.4 Å². The zero-order chi connectivity index (χ0) is 10.9. The van der Waals surface area contributed by atoms with Crippen LogP contribution in [-0.4, -0.2) is 12.4 Å². The zero-order valence-electron chi connectivity index (χ0n) is 9.92. The number of hydrogen-bond acceptors (Lipinski definition) is 2. The number of allylic oxidation sites excluding steroid dienone is 4. The van der Waals surface area contributed by atoms with Gasteiger partial charge >= 0.3 is 0 Å². The van der Waals surface area contributed by atoms with Crippen LogP contribution in [0.25, 0.3) is 0 Å². The number of hydrogen-bond donors (Lipinski definition) is 0. The Balaban J connectivity index is 0.000000151. The maximum absolute atomic E-state index is 5.14. The summed E-state index contributed by atoms with van der Waals surface area (Å²) in [5, 5.41) is 0. The Kier molecular flexibility index (Phi) is 6.66. The van der Waals surface area contributed by atoms with Crippen LogP contribution in [0.1, 0.15) is 46.0 Å². The fourth-order valence-electron chi connectivity index (χ4n) is 1.52. The molecule has 0 N–H and O–H groups in total. The lowest BCUT2D eigenvalue weighted by atomic mass is 10.2. The van der Waals surface area contributed by atoms with Gasteiger partial charge in [-0.1, -0.05) is 6.08 Å². The summed E-state index contributed by atoms with van der Waals surface area (Å²) in [5.41, 5.74) is 0. The lowest BCUT2D eigenvalue weighted by Crippen LogP contribution is -1.96. The third kappa shape index (κ3) is 6.67. The van der Waals surface area contributed by atoms with E-state index in [0.717, 1.165) is 12.4 Å². The molecule has 0 aromatic rings. The molecule has 0 unspecified atom stereocenters. The van der Waals surface area contributed by atoms with Gasteiger partial charge in [-0.15, -0.1) is 11.8 Å². The van der Waals surface area contributed by atoms with E-state index in [4.69, 9.17) is 4.74 Å². The van der Waals surface area contributed by atoms with Crippen molar-refractivity contribution < 1.29 is 4.74 Å². The monoisotopic (exact) mass is 226 g/mol. The highest BCUT2D eigenvalue weighted by Gasteiger charge is 1.96. The molecule has 2 heterocycles. The molecule has 0 amide bonds. The summed E-state index contributed by atoms with van der Waals surface area (Å²) in [7, 11) is 0. The normalized spacial score (nSPS) is 21.2. The average molecular weight is 226 g/mol. The summed E-state index contributed by atoms with van der Waals surface area (Å²) in [4.78, 5) is 1.52. The van der Waals surface area contributed by atoms with Crippen molar-refractivity contribution in [1.82, 2.24) is 0 Å². The Hall–Kier alpha value is -0.370. The van der Waals surface area contributed by atoms with Gasteiger partial charge in [0.1, 0.15) is 0 Å². The Morgan fingerprint density at radius 2 is 1.87 bits per heavy atom. The topological polar surface area (TPSA) is 9.23 Å². The van der Waals surface area contributed by atoms with Gasteiger partial charge in [-0.05, 0) is 62.7 Å². The molecule has 2 rings (SSSR count). The van der Waals surface area contributed by atoms with Crippen molar-refractivity contribution in [2.24, 2.45) is 0 Å². The number of thioether (sulfide) groups is 1. The zero-order valence-corrected chi connectivity index (χ0v) is 10.7. The van der Waals surface area contributed by atoms with Gasteiger partial charge in [0.25, 0.3) is 0 Å². The second-order valence-electron chi connectivity index (χ2n) is 3.96. The van der Waals surface area contributed by atoms with Crippen LogP contribution in [0, 0.1) is 0 Å². The van der Waals surface area contributed by atoms with Crippen LogP contribution in [0.5, 0.6) is 0 Å². The van der Waals surface area contributed by atoms with E-state index in [0.29, 0.717) is 0 Å². The van der Waals surface area contributed by atoms with Crippen LogP contribution in [0.3, 0.4) is 0 Å². The summed E-state index contributed by atoms with van der Waals surface area (Å²) in [6, 6.07) is 0. The molecule has 0 radical (unpaired) electrons. The van der Waals surface area contributed by atoms with Gasteiger partial charge in [-0.25, -0.2) is 0 Å². The largest absolute Gasteiger partial charge is 0.499 e. The van der Waals surface area contributed by atoms with E-state index in [-0.39, 0.29) is 0 Å². The first kappa shape index (κ1) is 12.7. The van der Waals surface area contributed by atoms with E-state index in [2.05, 4.69) is 19.1 Å². The van der Waals surface area contributed by atoms with Crippen LogP contribution in [-0.2, 0) is 4.74 Å². The van der Waals surface area contributed by atoms with Crippen molar-refractivity contribution in [3.63, 3.8) is 0 Å². The Bertz CT molecular complexity index is 231. The minimum absolute atomic E-state index is 0.919. The van der Waals surface area contributed by atoms with Crippen molar-refractivity contribution in [2.45, 2.75) is 46.0 Å². The van der Waals surface area contributed by atoms with Crippen LogP contribution < -0.4 is 0 Å². The van der Waals surface area contributed by atoms with Crippen LogP contribution in [0.15, 0.2) is 22.8 Å². The van der Waals surface area contributed by atoms with Crippen LogP contribution in [0.2, 0.25) is 0 Å². The van der Waals surface area contributed by atoms with Gasteiger partial charge in [-0.2, -0.15) is 0 Å². The Morgan fingerprint density at radius 3 is 2.47 bits per heavy atom. The number of rotatable bonds is 0. The highest BCUT2D eigenvalue weighted by Crippen LogP contribution is 2.21. The predicted molar refractivity (Wildman–Crippen MR) is 69.0 cm³/mol. The van der Waals surface area contributed by atoms with Crippen molar-refractivity contribution in [1.29, 1.82) is 0 Å². The third-order valence-electron chi connectivity index (χ3n) is 2.47. The van der Waals surface area contributed by atoms with Gasteiger partial charge in [0.15, 0.2) is 0 Å². The van der Waals surface area contributed by atoms with Crippen molar-refractivity contribution in [3.8, 4) is 0 Å². The molecule has 2 aliphatic heterocycles. The molecule has 0 bridgehead atoms. The molecule has 0 saturated heterocycles. The molecule has 0 aromatic heterocycles. The lowest BCUT2D eigenvalue weighted by Gasteiger charge is -2.09. The summed E-state index contributed by atoms with van der Waals surface area (Å²) in [5.74, 6) is 2.42. The minimum atomic E-state index is 0.919. The molecular formula is C13H22OS. The van der Waals surface area contributed by atoms with E-state index in [1.165, 1.54) is 42.8 Å². The predicted octanol–water partition coefficient (Wildman–Crippen LogP) is 4.51. The van der Waals surface area contributed by atoms with Gasteiger partial charge in [-0.3, -0.25) is 0 Å². The summed E-state index contributed by atoms with van der Waals surface area (Å²) in [6.07, 6.45) is 11.0. The first-order chi connectivity index (χ1) is 7.29. The van der Waals surface area contributed by atoms with Crippen molar-refractivity contribution >= 4 is 11.8 Å².